The van der Waals surface area contributed by atoms with Crippen molar-refractivity contribution < 1.29 is 14.3 Å². The number of para-hydroxylation sites is 1. The first kappa shape index (κ1) is 22.5. The summed E-state index contributed by atoms with van der Waals surface area (Å²) < 4.78 is 5.89. The normalized spacial score (nSPS) is 21.2. The highest BCUT2D eigenvalue weighted by Crippen LogP contribution is 2.54. The fourth-order valence-corrected chi connectivity index (χ4v) is 5.48. The molecule has 2 unspecified atom stereocenters. The third kappa shape index (κ3) is 3.75. The van der Waals surface area contributed by atoms with E-state index in [0.717, 1.165) is 22.5 Å². The Kier molecular flexibility index (Phi) is 5.70. The van der Waals surface area contributed by atoms with Gasteiger partial charge in [0.05, 0.1) is 17.2 Å². The van der Waals surface area contributed by atoms with Crippen molar-refractivity contribution in [2.24, 2.45) is 11.7 Å². The van der Waals surface area contributed by atoms with Crippen molar-refractivity contribution in [1.29, 1.82) is 0 Å². The van der Waals surface area contributed by atoms with E-state index in [2.05, 4.69) is 4.98 Å². The van der Waals surface area contributed by atoms with Gasteiger partial charge in [0.2, 0.25) is 11.8 Å². The van der Waals surface area contributed by atoms with Crippen molar-refractivity contribution in [2.75, 3.05) is 4.90 Å². The van der Waals surface area contributed by atoms with E-state index in [0.29, 0.717) is 12.4 Å². The van der Waals surface area contributed by atoms with E-state index in [9.17, 15) is 9.59 Å². The van der Waals surface area contributed by atoms with Crippen molar-refractivity contribution in [3.8, 4) is 5.75 Å². The van der Waals surface area contributed by atoms with E-state index in [1.54, 1.807) is 11.1 Å². The first-order chi connectivity index (χ1) is 15.7. The lowest BCUT2D eigenvalue weighted by Crippen LogP contribution is -2.65. The van der Waals surface area contributed by atoms with Crippen LogP contribution in [0.4, 0.5) is 5.69 Å². The number of benzene rings is 2. The van der Waals surface area contributed by atoms with Crippen LogP contribution in [0.3, 0.4) is 0 Å². The Morgan fingerprint density at radius 2 is 1.67 bits per heavy atom. The zero-order chi connectivity index (χ0) is 23.8. The maximum Gasteiger partial charge on any atom is 0.224 e. The molecule has 170 valence electrons. The predicted molar refractivity (Wildman–Crippen MR) is 128 cm³/mol. The predicted octanol–water partition coefficient (Wildman–Crippen LogP) is 4.21. The third-order valence-corrected chi connectivity index (χ3v) is 6.73. The van der Waals surface area contributed by atoms with Gasteiger partial charge in [-0.3, -0.25) is 14.6 Å². The first-order valence-corrected chi connectivity index (χ1v) is 11.0. The van der Waals surface area contributed by atoms with Crippen LogP contribution in [0.25, 0.3) is 0 Å². The Balaban J connectivity index is 1.78. The fourth-order valence-electron chi connectivity index (χ4n) is 5.48. The lowest BCUT2D eigenvalue weighted by molar-refractivity contribution is -0.127. The quantitative estimate of drug-likeness (QED) is 0.640. The Bertz CT molecular complexity index is 1170. The van der Waals surface area contributed by atoms with Crippen LogP contribution >= 0.6 is 0 Å². The Morgan fingerprint density at radius 1 is 1.00 bits per heavy atom. The van der Waals surface area contributed by atoms with E-state index < -0.39 is 22.8 Å². The molecule has 0 saturated carbocycles. The summed E-state index contributed by atoms with van der Waals surface area (Å²) in [6.45, 7) is 7.73. The maximum atomic E-state index is 12.9. The van der Waals surface area contributed by atoms with Gasteiger partial charge in [-0.05, 0) is 55.3 Å². The number of fused-ring (bicyclic) bond motifs is 1. The van der Waals surface area contributed by atoms with Crippen molar-refractivity contribution in [1.82, 2.24) is 4.98 Å². The highest BCUT2D eigenvalue weighted by Gasteiger charge is 2.57. The van der Waals surface area contributed by atoms with Crippen molar-refractivity contribution in [2.45, 2.75) is 45.3 Å². The van der Waals surface area contributed by atoms with Crippen LogP contribution in [-0.4, -0.2) is 22.3 Å². The molecule has 1 aliphatic rings. The molecule has 1 aliphatic heterocycles. The summed E-state index contributed by atoms with van der Waals surface area (Å²) >= 11 is 0. The van der Waals surface area contributed by atoms with Crippen LogP contribution in [0.15, 0.2) is 72.9 Å². The standard InChI is InChI=1S/C27H29N3O3/c1-18(31)30-23-11-6-5-10-22(23)27(4,24(25(28)32)26(30,2)3)19-12-14-21(15-13-19)33-17-20-9-7-8-16-29-20/h5-16,24H,17H2,1-4H3,(H2,28,32). The molecule has 2 amide bonds. The van der Waals surface area contributed by atoms with E-state index in [4.69, 9.17) is 10.5 Å². The van der Waals surface area contributed by atoms with Gasteiger partial charge in [0.15, 0.2) is 0 Å². The molecule has 2 N–H and O–H groups in total. The lowest BCUT2D eigenvalue weighted by atomic mass is 9.57. The topological polar surface area (TPSA) is 85.5 Å². The van der Waals surface area contributed by atoms with Gasteiger partial charge >= 0.3 is 0 Å². The molecule has 6 heteroatoms. The van der Waals surface area contributed by atoms with Gasteiger partial charge in [0, 0.05) is 24.2 Å². The van der Waals surface area contributed by atoms with Crippen LogP contribution in [0.5, 0.6) is 5.75 Å². The number of primary amides is 1. The summed E-state index contributed by atoms with van der Waals surface area (Å²) in [6.07, 6.45) is 1.74. The average Bonchev–Trinajstić information content (AvgIpc) is 2.77. The number of nitrogens with zero attached hydrogens (tertiary/aromatic N) is 2. The van der Waals surface area contributed by atoms with Gasteiger partial charge in [-0.25, -0.2) is 0 Å². The molecule has 0 radical (unpaired) electrons. The lowest BCUT2D eigenvalue weighted by Gasteiger charge is -2.55. The number of anilines is 1. The van der Waals surface area contributed by atoms with Crippen LogP contribution in [-0.2, 0) is 21.6 Å². The molecule has 1 aromatic heterocycles. The minimum absolute atomic E-state index is 0.126. The fraction of sp³-hybridized carbons (Fsp3) is 0.296. The highest BCUT2D eigenvalue weighted by molar-refractivity contribution is 5.98. The van der Waals surface area contributed by atoms with Gasteiger partial charge in [-0.2, -0.15) is 0 Å². The summed E-state index contributed by atoms with van der Waals surface area (Å²) in [4.78, 5) is 31.6. The minimum atomic E-state index is -0.824. The van der Waals surface area contributed by atoms with Crippen LogP contribution < -0.4 is 15.4 Å². The minimum Gasteiger partial charge on any atom is -0.487 e. The second-order valence-electron chi connectivity index (χ2n) is 9.20. The molecule has 0 saturated heterocycles. The molecule has 33 heavy (non-hydrogen) atoms. The number of aromatic nitrogens is 1. The SMILES string of the molecule is CC(=O)N1c2ccccc2C(C)(c2ccc(OCc3ccccn3)cc2)C(C(N)=O)C1(C)C. The summed E-state index contributed by atoms with van der Waals surface area (Å²) in [5.74, 6) is -0.515. The van der Waals surface area contributed by atoms with Crippen molar-refractivity contribution in [3.63, 3.8) is 0 Å². The third-order valence-electron chi connectivity index (χ3n) is 6.73. The number of amides is 2. The highest BCUT2D eigenvalue weighted by atomic mass is 16.5. The first-order valence-electron chi connectivity index (χ1n) is 11.0. The van der Waals surface area contributed by atoms with Gasteiger partial charge < -0.3 is 15.4 Å². The Morgan fingerprint density at radius 3 is 2.27 bits per heavy atom. The second kappa shape index (κ2) is 8.35. The van der Waals surface area contributed by atoms with Crippen LogP contribution in [0, 0.1) is 5.92 Å². The molecule has 2 heterocycles. The number of carbonyl (C=O) groups excluding carboxylic acids is 2. The summed E-state index contributed by atoms with van der Waals surface area (Å²) in [5.41, 5.74) is 7.91. The number of carbonyl (C=O) groups is 2. The smallest absolute Gasteiger partial charge is 0.224 e. The van der Waals surface area contributed by atoms with E-state index in [1.165, 1.54) is 6.92 Å². The molecule has 0 fully saturated rings. The Labute approximate surface area is 194 Å². The number of rotatable bonds is 5. The molecule has 2 aromatic carbocycles. The number of pyridine rings is 1. The molecule has 4 rings (SSSR count). The summed E-state index contributed by atoms with van der Waals surface area (Å²) in [6, 6.07) is 21.2. The maximum absolute atomic E-state index is 12.9. The van der Waals surface area contributed by atoms with Crippen LogP contribution in [0.1, 0.15) is 44.5 Å². The molecule has 0 spiro atoms. The number of nitrogens with two attached hydrogens (primary N) is 1. The van der Waals surface area contributed by atoms with Crippen LogP contribution in [0.2, 0.25) is 0 Å². The molecular formula is C27H29N3O3. The number of hydrogen-bond acceptors (Lipinski definition) is 4. The van der Waals surface area contributed by atoms with Gasteiger partial charge in [-0.1, -0.05) is 43.3 Å². The molecule has 3 aromatic rings. The van der Waals surface area contributed by atoms with Gasteiger partial charge in [0.25, 0.3) is 0 Å². The summed E-state index contributed by atoms with van der Waals surface area (Å²) in [7, 11) is 0. The summed E-state index contributed by atoms with van der Waals surface area (Å²) in [5, 5.41) is 0. The van der Waals surface area contributed by atoms with E-state index >= 15 is 0 Å². The largest absolute Gasteiger partial charge is 0.487 e. The van der Waals surface area contributed by atoms with Gasteiger partial charge in [-0.15, -0.1) is 0 Å². The molecule has 0 bridgehead atoms. The Hall–Kier alpha value is -3.67. The zero-order valence-electron chi connectivity index (χ0n) is 19.4. The molecule has 0 aliphatic carbocycles. The number of hydrogen-bond donors (Lipinski definition) is 1. The van der Waals surface area contributed by atoms with Crippen molar-refractivity contribution in [3.05, 3.63) is 89.7 Å². The molecular weight excluding hydrogens is 414 g/mol. The van der Waals surface area contributed by atoms with E-state index in [-0.39, 0.29) is 5.91 Å². The van der Waals surface area contributed by atoms with E-state index in [1.807, 2.05) is 87.5 Å². The zero-order valence-corrected chi connectivity index (χ0v) is 19.4. The second-order valence-corrected chi connectivity index (χ2v) is 9.20. The monoisotopic (exact) mass is 443 g/mol. The number of ether oxygens (including phenoxy) is 1. The molecule has 2 atom stereocenters. The average molecular weight is 444 g/mol. The van der Waals surface area contributed by atoms with Crippen molar-refractivity contribution >= 4 is 17.5 Å². The molecule has 6 nitrogen and oxygen atoms in total. The van der Waals surface area contributed by atoms with Gasteiger partial charge in [0.1, 0.15) is 12.4 Å².